The first-order valence-corrected chi connectivity index (χ1v) is 8.23. The molecule has 1 fully saturated rings. The van der Waals surface area contributed by atoms with Crippen LogP contribution < -0.4 is 14.8 Å². The predicted octanol–water partition coefficient (Wildman–Crippen LogP) is 3.82. The topological polar surface area (TPSA) is 30.5 Å². The Bertz CT molecular complexity index is 510. The van der Waals surface area contributed by atoms with Crippen LogP contribution in [0.4, 0.5) is 0 Å². The van der Waals surface area contributed by atoms with E-state index in [0.717, 1.165) is 18.7 Å². The molecule has 1 aromatic rings. The molecule has 3 rings (SSSR count). The van der Waals surface area contributed by atoms with Crippen LogP contribution in [0.15, 0.2) is 12.1 Å². The van der Waals surface area contributed by atoms with Gasteiger partial charge in [0.25, 0.3) is 0 Å². The van der Waals surface area contributed by atoms with E-state index in [-0.39, 0.29) is 5.41 Å². The molecule has 2 heterocycles. The van der Waals surface area contributed by atoms with E-state index in [1.54, 1.807) is 0 Å². The van der Waals surface area contributed by atoms with Gasteiger partial charge in [-0.3, -0.25) is 0 Å². The van der Waals surface area contributed by atoms with E-state index in [0.29, 0.717) is 30.0 Å². The molecule has 3 nitrogen and oxygen atoms in total. The van der Waals surface area contributed by atoms with Gasteiger partial charge in [0.15, 0.2) is 11.5 Å². The van der Waals surface area contributed by atoms with Gasteiger partial charge >= 0.3 is 0 Å². The summed E-state index contributed by atoms with van der Waals surface area (Å²) in [6, 6.07) is 4.67. The number of ether oxygens (including phenoxy) is 2. The van der Waals surface area contributed by atoms with E-state index in [9.17, 15) is 0 Å². The van der Waals surface area contributed by atoms with E-state index >= 15 is 0 Å². The van der Waals surface area contributed by atoms with Crippen molar-refractivity contribution in [1.29, 1.82) is 0 Å². The second-order valence-corrected chi connectivity index (χ2v) is 7.40. The first-order valence-electron chi connectivity index (χ1n) is 7.85. The number of fused-ring (bicyclic) bond motifs is 1. The van der Waals surface area contributed by atoms with Gasteiger partial charge in [0.1, 0.15) is 0 Å². The number of benzene rings is 1. The highest BCUT2D eigenvalue weighted by Gasteiger charge is 2.27. The lowest BCUT2D eigenvalue weighted by atomic mass is 9.97. The van der Waals surface area contributed by atoms with Crippen LogP contribution in [0.25, 0.3) is 0 Å². The van der Waals surface area contributed by atoms with Crippen molar-refractivity contribution in [2.45, 2.75) is 45.6 Å². The zero-order valence-electron chi connectivity index (χ0n) is 12.9. The molecule has 0 amide bonds. The summed E-state index contributed by atoms with van der Waals surface area (Å²) in [5.41, 5.74) is 1.23. The summed E-state index contributed by atoms with van der Waals surface area (Å²) in [4.78, 5) is 0. The zero-order chi connectivity index (χ0) is 14.9. The average molecular weight is 310 g/mol. The molecule has 0 radical (unpaired) electrons. The van der Waals surface area contributed by atoms with Gasteiger partial charge in [-0.05, 0) is 43.5 Å². The lowest BCUT2D eigenvalue weighted by Crippen LogP contribution is -2.35. The Labute approximate surface area is 132 Å². The fourth-order valence-electron chi connectivity index (χ4n) is 2.95. The summed E-state index contributed by atoms with van der Waals surface area (Å²) in [5, 5.41) is 4.24. The largest absolute Gasteiger partial charge is 0.489 e. The quantitative estimate of drug-likeness (QED) is 0.901. The van der Waals surface area contributed by atoms with Crippen LogP contribution >= 0.6 is 11.6 Å². The Morgan fingerprint density at radius 2 is 2.05 bits per heavy atom. The van der Waals surface area contributed by atoms with Crippen LogP contribution in [-0.4, -0.2) is 25.8 Å². The fraction of sp³-hybridized carbons (Fsp3) is 0.647. The van der Waals surface area contributed by atoms with Crippen molar-refractivity contribution in [3.63, 3.8) is 0 Å². The lowest BCUT2D eigenvalue weighted by molar-refractivity contribution is 0.140. The molecule has 116 valence electrons. The molecular weight excluding hydrogens is 286 g/mol. The van der Waals surface area contributed by atoms with Crippen LogP contribution in [0.2, 0.25) is 5.02 Å². The van der Waals surface area contributed by atoms with Crippen LogP contribution in [0.5, 0.6) is 11.5 Å². The maximum atomic E-state index is 6.41. The number of hydrogen-bond acceptors (Lipinski definition) is 3. The summed E-state index contributed by atoms with van der Waals surface area (Å²) in [6.07, 6.45) is 4.83. The van der Waals surface area contributed by atoms with Crippen molar-refractivity contribution < 1.29 is 9.47 Å². The van der Waals surface area contributed by atoms with Crippen molar-refractivity contribution in [2.24, 2.45) is 5.41 Å². The minimum atomic E-state index is 0.00738. The van der Waals surface area contributed by atoms with Gasteiger partial charge in [-0.25, -0.2) is 0 Å². The van der Waals surface area contributed by atoms with Crippen molar-refractivity contribution in [3.05, 3.63) is 22.7 Å². The highest BCUT2D eigenvalue weighted by atomic mass is 35.5. The summed E-state index contributed by atoms with van der Waals surface area (Å²) >= 11 is 6.41. The molecule has 1 saturated heterocycles. The Balaban J connectivity index is 1.79. The standard InChI is InChI=1S/C17H24ClNO2/c1-17(2)10-20-15-9-12(7-13-5-3-4-6-19-13)8-14(18)16(15)21-11-17/h8-9,13,19H,3-7,10-11H2,1-2H3. The molecule has 1 atom stereocenters. The Morgan fingerprint density at radius 1 is 1.24 bits per heavy atom. The van der Waals surface area contributed by atoms with Gasteiger partial charge < -0.3 is 14.8 Å². The van der Waals surface area contributed by atoms with Gasteiger partial charge in [0.05, 0.1) is 18.2 Å². The maximum Gasteiger partial charge on any atom is 0.179 e. The van der Waals surface area contributed by atoms with E-state index in [1.165, 1.54) is 24.8 Å². The summed E-state index contributed by atoms with van der Waals surface area (Å²) in [6.45, 7) is 6.68. The van der Waals surface area contributed by atoms with Gasteiger partial charge in [-0.2, -0.15) is 0 Å². The third-order valence-electron chi connectivity index (χ3n) is 4.19. The van der Waals surface area contributed by atoms with Gasteiger partial charge in [-0.1, -0.05) is 31.9 Å². The molecule has 2 aliphatic heterocycles. The minimum Gasteiger partial charge on any atom is -0.489 e. The number of hydrogen-bond donors (Lipinski definition) is 1. The lowest BCUT2D eigenvalue weighted by Gasteiger charge is -2.24. The fourth-order valence-corrected chi connectivity index (χ4v) is 3.24. The molecule has 0 bridgehead atoms. The monoisotopic (exact) mass is 309 g/mol. The van der Waals surface area contributed by atoms with E-state index in [2.05, 4.69) is 25.2 Å². The van der Waals surface area contributed by atoms with E-state index < -0.39 is 0 Å². The third kappa shape index (κ3) is 3.64. The second kappa shape index (κ2) is 6.05. The average Bonchev–Trinajstić information content (AvgIpc) is 2.60. The third-order valence-corrected chi connectivity index (χ3v) is 4.47. The smallest absolute Gasteiger partial charge is 0.179 e. The van der Waals surface area contributed by atoms with E-state index in [4.69, 9.17) is 21.1 Å². The molecule has 4 heteroatoms. The Kier molecular flexibility index (Phi) is 4.32. The molecule has 0 saturated carbocycles. The number of rotatable bonds is 2. The molecule has 0 spiro atoms. The minimum absolute atomic E-state index is 0.00738. The zero-order valence-corrected chi connectivity index (χ0v) is 13.6. The second-order valence-electron chi connectivity index (χ2n) is 7.00. The Morgan fingerprint density at radius 3 is 2.81 bits per heavy atom. The first kappa shape index (κ1) is 15.0. The van der Waals surface area contributed by atoms with Crippen molar-refractivity contribution in [2.75, 3.05) is 19.8 Å². The van der Waals surface area contributed by atoms with Gasteiger partial charge in [0.2, 0.25) is 0 Å². The normalized spacial score (nSPS) is 24.4. The number of piperidine rings is 1. The molecule has 1 unspecified atom stereocenters. The van der Waals surface area contributed by atoms with Crippen molar-refractivity contribution >= 4 is 11.6 Å². The maximum absolute atomic E-state index is 6.41. The van der Waals surface area contributed by atoms with Crippen LogP contribution in [0.3, 0.4) is 0 Å². The highest BCUT2D eigenvalue weighted by Crippen LogP contribution is 2.40. The molecule has 1 N–H and O–H groups in total. The summed E-state index contributed by atoms with van der Waals surface area (Å²) < 4.78 is 11.8. The predicted molar refractivity (Wildman–Crippen MR) is 85.6 cm³/mol. The Hall–Kier alpha value is -0.930. The molecule has 21 heavy (non-hydrogen) atoms. The molecule has 0 aromatic heterocycles. The van der Waals surface area contributed by atoms with E-state index in [1.807, 2.05) is 6.07 Å². The van der Waals surface area contributed by atoms with Crippen LogP contribution in [0.1, 0.15) is 38.7 Å². The first-order chi connectivity index (χ1) is 10.0. The SMILES string of the molecule is CC1(C)COc2cc(CC3CCCCN3)cc(Cl)c2OC1. The summed E-state index contributed by atoms with van der Waals surface area (Å²) in [7, 11) is 0. The van der Waals surface area contributed by atoms with Crippen molar-refractivity contribution in [1.82, 2.24) is 5.32 Å². The van der Waals surface area contributed by atoms with Gasteiger partial charge in [0, 0.05) is 11.5 Å². The highest BCUT2D eigenvalue weighted by molar-refractivity contribution is 6.32. The molecule has 1 aromatic carbocycles. The molecule has 2 aliphatic rings. The number of nitrogens with one attached hydrogen (secondary N) is 1. The number of halogens is 1. The van der Waals surface area contributed by atoms with Crippen molar-refractivity contribution in [3.8, 4) is 11.5 Å². The van der Waals surface area contributed by atoms with Gasteiger partial charge in [-0.15, -0.1) is 0 Å². The van der Waals surface area contributed by atoms with Crippen LogP contribution in [-0.2, 0) is 6.42 Å². The molecule has 0 aliphatic carbocycles. The van der Waals surface area contributed by atoms with Crippen LogP contribution in [0, 0.1) is 5.41 Å². The molecular formula is C17H24ClNO2. The summed E-state index contributed by atoms with van der Waals surface area (Å²) in [5.74, 6) is 1.49.